The van der Waals surface area contributed by atoms with Gasteiger partial charge < -0.3 is 5.32 Å². The molecule has 1 N–H and O–H groups in total. The Kier molecular flexibility index (Phi) is 10.6. The zero-order chi connectivity index (χ0) is 18.6. The molecular weight excluding hydrogens is 513 g/mol. The second kappa shape index (κ2) is 11.6. The van der Waals surface area contributed by atoms with Crippen LogP contribution in [0.2, 0.25) is 0 Å². The van der Waals surface area contributed by atoms with Crippen molar-refractivity contribution in [3.05, 3.63) is 96.0 Å². The molecule has 1 atom stereocenters. The molecule has 0 aliphatic rings. The third kappa shape index (κ3) is 6.78. The van der Waals surface area contributed by atoms with E-state index in [9.17, 15) is 13.2 Å². The van der Waals surface area contributed by atoms with Crippen LogP contribution in [0.5, 0.6) is 0 Å². The largest absolute Gasteiger partial charge is 0.416 e. The van der Waals surface area contributed by atoms with Crippen molar-refractivity contribution in [2.45, 2.75) is 19.1 Å². The Morgan fingerprint density at radius 2 is 1.61 bits per heavy atom. The van der Waals surface area contributed by atoms with Gasteiger partial charge in [-0.2, -0.15) is 19.7 Å². The SMILES string of the molecule is CC(N[CH-]/C=C/c1cccc(C(F)(F)F)c1)c1cccc2ccccc12.[Y].[Y]. The number of hydrogen-bond acceptors (Lipinski definition) is 1. The summed E-state index contributed by atoms with van der Waals surface area (Å²) in [7, 11) is 0. The maximum atomic E-state index is 12.7. The Morgan fingerprint density at radius 1 is 0.929 bits per heavy atom. The third-order valence-electron chi connectivity index (χ3n) is 4.23. The molecule has 0 saturated carbocycles. The van der Waals surface area contributed by atoms with Crippen molar-refractivity contribution in [1.29, 1.82) is 0 Å². The quantitative estimate of drug-likeness (QED) is 0.377. The Bertz CT molecular complexity index is 918. The van der Waals surface area contributed by atoms with E-state index >= 15 is 0 Å². The van der Waals surface area contributed by atoms with Gasteiger partial charge in [0.25, 0.3) is 0 Å². The Morgan fingerprint density at radius 3 is 2.36 bits per heavy atom. The van der Waals surface area contributed by atoms with E-state index in [-0.39, 0.29) is 71.5 Å². The van der Waals surface area contributed by atoms with Crippen LogP contribution in [0, 0.1) is 6.54 Å². The molecule has 6 heteroatoms. The van der Waals surface area contributed by atoms with Gasteiger partial charge in [-0.05, 0) is 23.3 Å². The van der Waals surface area contributed by atoms with Crippen LogP contribution in [0.4, 0.5) is 13.2 Å². The van der Waals surface area contributed by atoms with E-state index < -0.39 is 11.7 Å². The van der Waals surface area contributed by atoms with E-state index in [1.807, 2.05) is 18.2 Å². The normalized spacial score (nSPS) is 12.3. The van der Waals surface area contributed by atoms with Crippen molar-refractivity contribution in [3.63, 3.8) is 0 Å². The van der Waals surface area contributed by atoms with Crippen molar-refractivity contribution in [3.8, 4) is 0 Å². The fourth-order valence-corrected chi connectivity index (χ4v) is 2.90. The Labute approximate surface area is 213 Å². The number of nitrogens with one attached hydrogen (secondary N) is 1. The summed E-state index contributed by atoms with van der Waals surface area (Å²) in [6, 6.07) is 19.7. The van der Waals surface area contributed by atoms with Crippen molar-refractivity contribution in [2.75, 3.05) is 0 Å². The smallest absolute Gasteiger partial charge is 0.367 e. The van der Waals surface area contributed by atoms with Crippen LogP contribution in [-0.2, 0) is 71.6 Å². The Balaban J connectivity index is 0.00000196. The molecule has 0 amide bonds. The molecule has 0 heterocycles. The van der Waals surface area contributed by atoms with Crippen LogP contribution in [-0.4, -0.2) is 0 Å². The minimum absolute atomic E-state index is 0. The fourth-order valence-electron chi connectivity index (χ4n) is 2.90. The molecular formula is C22H19F3NY2-. The topological polar surface area (TPSA) is 12.0 Å². The summed E-state index contributed by atoms with van der Waals surface area (Å²) in [6.07, 6.45) is -0.954. The standard InChI is InChI=1S/C22H19F3N.2Y/c1-16(20-13-5-10-18-9-2-3-12-21(18)20)26-14-6-8-17-7-4-11-19(15-17)22(23,24)25;;/h2-16,26H,1H3;;/q-1;;/b8-6+;;. The summed E-state index contributed by atoms with van der Waals surface area (Å²) in [6.45, 7) is 3.81. The third-order valence-corrected chi connectivity index (χ3v) is 4.23. The molecule has 3 aromatic rings. The molecule has 140 valence electrons. The molecule has 28 heavy (non-hydrogen) atoms. The second-order valence-corrected chi connectivity index (χ2v) is 6.11. The maximum absolute atomic E-state index is 12.7. The van der Waals surface area contributed by atoms with Crippen molar-refractivity contribution >= 4 is 16.8 Å². The van der Waals surface area contributed by atoms with Crippen molar-refractivity contribution in [1.82, 2.24) is 5.32 Å². The van der Waals surface area contributed by atoms with Crippen LogP contribution in [0.3, 0.4) is 0 Å². The molecule has 0 spiro atoms. The summed E-state index contributed by atoms with van der Waals surface area (Å²) < 4.78 is 38.2. The van der Waals surface area contributed by atoms with Crippen molar-refractivity contribution in [2.24, 2.45) is 0 Å². The fraction of sp³-hybridized carbons (Fsp3) is 0.136. The first kappa shape index (κ1) is 25.5. The van der Waals surface area contributed by atoms with Gasteiger partial charge in [-0.1, -0.05) is 66.7 Å². The monoisotopic (exact) mass is 532 g/mol. The number of benzene rings is 3. The van der Waals surface area contributed by atoms with E-state index in [1.165, 1.54) is 22.4 Å². The average Bonchev–Trinajstić information content (AvgIpc) is 2.64. The number of alkyl halides is 3. The molecule has 2 radical (unpaired) electrons. The van der Waals surface area contributed by atoms with Gasteiger partial charge in [-0.25, -0.2) is 12.2 Å². The first-order valence-corrected chi connectivity index (χ1v) is 8.36. The van der Waals surface area contributed by atoms with Crippen LogP contribution in [0.15, 0.2) is 72.8 Å². The summed E-state index contributed by atoms with van der Waals surface area (Å²) in [5, 5.41) is 5.64. The molecule has 0 fully saturated rings. The van der Waals surface area contributed by atoms with Gasteiger partial charge in [0.05, 0.1) is 5.56 Å². The molecule has 3 rings (SSSR count). The molecule has 3 aromatic carbocycles. The first-order valence-electron chi connectivity index (χ1n) is 8.36. The molecule has 0 aliphatic carbocycles. The van der Waals surface area contributed by atoms with Crippen molar-refractivity contribution < 1.29 is 78.6 Å². The van der Waals surface area contributed by atoms with Crippen LogP contribution < -0.4 is 5.32 Å². The van der Waals surface area contributed by atoms with Crippen LogP contribution >= 0.6 is 0 Å². The van der Waals surface area contributed by atoms with Gasteiger partial charge in [0.1, 0.15) is 0 Å². The molecule has 0 saturated heterocycles. The van der Waals surface area contributed by atoms with Gasteiger partial charge in [0.15, 0.2) is 0 Å². The number of halogens is 3. The van der Waals surface area contributed by atoms with E-state index in [2.05, 4.69) is 36.5 Å². The van der Waals surface area contributed by atoms with E-state index in [4.69, 9.17) is 0 Å². The van der Waals surface area contributed by atoms with E-state index in [1.54, 1.807) is 24.8 Å². The average molecular weight is 532 g/mol. The minimum atomic E-state index is -4.32. The number of hydrogen-bond donors (Lipinski definition) is 1. The molecule has 1 unspecified atom stereocenters. The molecule has 0 aromatic heterocycles. The van der Waals surface area contributed by atoms with E-state index in [0.717, 1.165) is 12.1 Å². The van der Waals surface area contributed by atoms with Crippen LogP contribution in [0.25, 0.3) is 16.8 Å². The predicted octanol–water partition coefficient (Wildman–Crippen LogP) is 6.38. The predicted molar refractivity (Wildman–Crippen MR) is 100 cm³/mol. The zero-order valence-electron chi connectivity index (χ0n) is 15.4. The minimum Gasteiger partial charge on any atom is -0.367 e. The van der Waals surface area contributed by atoms with Gasteiger partial charge in [0, 0.05) is 71.5 Å². The summed E-state index contributed by atoms with van der Waals surface area (Å²) in [4.78, 5) is 0. The number of fused-ring (bicyclic) bond motifs is 1. The summed E-state index contributed by atoms with van der Waals surface area (Å²) >= 11 is 0. The Hall–Kier alpha value is -0.512. The van der Waals surface area contributed by atoms with Crippen LogP contribution in [0.1, 0.15) is 29.7 Å². The molecule has 1 nitrogen and oxygen atoms in total. The second-order valence-electron chi connectivity index (χ2n) is 6.11. The van der Waals surface area contributed by atoms with Gasteiger partial charge in [-0.3, -0.25) is 0 Å². The molecule has 0 aliphatic heterocycles. The summed E-state index contributed by atoms with van der Waals surface area (Å²) in [5.41, 5.74) is 1.04. The first-order chi connectivity index (χ1) is 12.4. The molecule has 0 bridgehead atoms. The van der Waals surface area contributed by atoms with Gasteiger partial charge in [0.2, 0.25) is 0 Å². The van der Waals surface area contributed by atoms with Gasteiger partial charge >= 0.3 is 6.18 Å². The zero-order valence-corrected chi connectivity index (χ0v) is 21.1. The summed E-state index contributed by atoms with van der Waals surface area (Å²) in [5.74, 6) is 0. The number of rotatable bonds is 5. The maximum Gasteiger partial charge on any atom is 0.416 e. The van der Waals surface area contributed by atoms with E-state index in [0.29, 0.717) is 5.56 Å². The van der Waals surface area contributed by atoms with Gasteiger partial charge in [-0.15, -0.1) is 5.56 Å².